The van der Waals surface area contributed by atoms with E-state index in [1.807, 2.05) is 0 Å². The SMILES string of the molecule is C/C(Cl)=C/C=C/C=C/C=C/C=C/C(O)=C1\C(=O)[C@H](CC(N)=O)N([C@@H]2OCC(O)[C@@H](O)C2O[C@@H]2OC[C@@H](O)C(O)C2O)C1=O. The number of hydrogen-bond donors (Lipinski definition) is 7. The summed E-state index contributed by atoms with van der Waals surface area (Å²) in [5.41, 5.74) is 4.64. The van der Waals surface area contributed by atoms with Crippen molar-refractivity contribution in [3.05, 3.63) is 71.0 Å². The van der Waals surface area contributed by atoms with Crippen LogP contribution in [0.3, 0.4) is 0 Å². The average molecular weight is 627 g/mol. The van der Waals surface area contributed by atoms with Gasteiger partial charge in [0, 0.05) is 5.03 Å². The third-order valence-corrected chi connectivity index (χ3v) is 6.83. The van der Waals surface area contributed by atoms with Gasteiger partial charge in [-0.15, -0.1) is 0 Å². The number of likely N-dealkylation sites (tertiary alicyclic amines) is 1. The summed E-state index contributed by atoms with van der Waals surface area (Å²) in [4.78, 5) is 39.4. The van der Waals surface area contributed by atoms with Gasteiger partial charge in [0.15, 0.2) is 18.3 Å². The summed E-state index contributed by atoms with van der Waals surface area (Å²) in [5, 5.41) is 62.3. The summed E-state index contributed by atoms with van der Waals surface area (Å²) >= 11 is 5.72. The molecule has 0 spiro atoms. The van der Waals surface area contributed by atoms with Crippen LogP contribution in [0.2, 0.25) is 0 Å². The van der Waals surface area contributed by atoms with E-state index >= 15 is 0 Å². The van der Waals surface area contributed by atoms with Gasteiger partial charge < -0.3 is 50.6 Å². The van der Waals surface area contributed by atoms with Crippen molar-refractivity contribution in [1.29, 1.82) is 0 Å². The minimum atomic E-state index is -1.80. The van der Waals surface area contributed by atoms with Crippen molar-refractivity contribution in [2.24, 2.45) is 5.73 Å². The largest absolute Gasteiger partial charge is 0.507 e. The lowest BCUT2D eigenvalue weighted by Crippen LogP contribution is -2.64. The van der Waals surface area contributed by atoms with Gasteiger partial charge in [0.1, 0.15) is 54.0 Å². The summed E-state index contributed by atoms with van der Waals surface area (Å²) in [6.07, 6.45) is 0.215. The number of amides is 2. The van der Waals surface area contributed by atoms with Crippen LogP contribution in [0.4, 0.5) is 0 Å². The van der Waals surface area contributed by atoms with Crippen molar-refractivity contribution >= 4 is 29.2 Å². The minimum Gasteiger partial charge on any atom is -0.507 e. The first-order valence-corrected chi connectivity index (χ1v) is 13.6. The number of ketones is 1. The Bertz CT molecular complexity index is 1220. The number of nitrogens with two attached hydrogens (primary N) is 1. The van der Waals surface area contributed by atoms with Gasteiger partial charge >= 0.3 is 0 Å². The van der Waals surface area contributed by atoms with Crippen molar-refractivity contribution in [1.82, 2.24) is 4.90 Å². The first-order chi connectivity index (χ1) is 20.3. The van der Waals surface area contributed by atoms with Crippen molar-refractivity contribution in [3.63, 3.8) is 0 Å². The third-order valence-electron chi connectivity index (χ3n) is 6.70. The molecule has 0 aromatic rings. The van der Waals surface area contributed by atoms with Crippen molar-refractivity contribution in [2.45, 2.75) is 68.5 Å². The molecule has 2 amide bonds. The molecule has 3 heterocycles. The number of ether oxygens (including phenoxy) is 3. The maximum atomic E-state index is 13.5. The van der Waals surface area contributed by atoms with Crippen LogP contribution in [-0.2, 0) is 28.6 Å². The molecule has 9 atom stereocenters. The molecule has 14 nitrogen and oxygen atoms in total. The molecule has 3 rings (SSSR count). The molecular weight excluding hydrogens is 592 g/mol. The van der Waals surface area contributed by atoms with Crippen molar-refractivity contribution < 1.29 is 59.2 Å². The molecule has 0 aromatic heterocycles. The molecule has 4 unspecified atom stereocenters. The zero-order chi connectivity index (χ0) is 31.8. The highest BCUT2D eigenvalue weighted by Crippen LogP contribution is 2.34. The van der Waals surface area contributed by atoms with E-state index in [1.165, 1.54) is 12.2 Å². The highest BCUT2D eigenvalue weighted by molar-refractivity contribution is 6.29. The Kier molecular flexibility index (Phi) is 12.4. The maximum Gasteiger partial charge on any atom is 0.264 e. The number of rotatable bonds is 10. The number of carbonyl (C=O) groups excluding carboxylic acids is 3. The van der Waals surface area contributed by atoms with Gasteiger partial charge in [-0.05, 0) is 19.1 Å². The van der Waals surface area contributed by atoms with Crippen LogP contribution >= 0.6 is 11.6 Å². The first kappa shape index (κ1) is 34.3. The number of Topliss-reactive ketones (excluding diaryl/α,β-unsaturated/α-hetero) is 1. The molecule has 3 aliphatic heterocycles. The zero-order valence-corrected chi connectivity index (χ0v) is 23.8. The molecule has 0 radical (unpaired) electrons. The monoisotopic (exact) mass is 626 g/mol. The summed E-state index contributed by atoms with van der Waals surface area (Å²) in [6, 6.07) is -1.57. The topological polar surface area (TPSA) is 230 Å². The zero-order valence-electron chi connectivity index (χ0n) is 23.0. The molecule has 43 heavy (non-hydrogen) atoms. The van der Waals surface area contributed by atoms with Crippen molar-refractivity contribution in [2.75, 3.05) is 13.2 Å². The number of aliphatic hydroxyl groups is 6. The molecule has 15 heteroatoms. The number of carbonyl (C=O) groups is 3. The highest BCUT2D eigenvalue weighted by atomic mass is 35.5. The highest BCUT2D eigenvalue weighted by Gasteiger charge is 2.55. The lowest BCUT2D eigenvalue weighted by molar-refractivity contribution is -0.325. The van der Waals surface area contributed by atoms with Crippen LogP contribution in [0.5, 0.6) is 0 Å². The Balaban J connectivity index is 1.88. The van der Waals surface area contributed by atoms with E-state index in [-0.39, 0.29) is 0 Å². The Morgan fingerprint density at radius 2 is 1.53 bits per heavy atom. The summed E-state index contributed by atoms with van der Waals surface area (Å²) in [7, 11) is 0. The van der Waals surface area contributed by atoms with Crippen LogP contribution in [0, 0.1) is 0 Å². The average Bonchev–Trinajstić information content (AvgIpc) is 3.18. The molecule has 3 saturated heterocycles. The number of nitrogens with zero attached hydrogens (tertiary/aromatic N) is 1. The van der Waals surface area contributed by atoms with E-state index in [4.69, 9.17) is 31.5 Å². The van der Waals surface area contributed by atoms with E-state index in [2.05, 4.69) is 0 Å². The minimum absolute atomic E-state index is 0.454. The second kappa shape index (κ2) is 15.5. The Morgan fingerprint density at radius 1 is 0.953 bits per heavy atom. The summed E-state index contributed by atoms with van der Waals surface area (Å²) in [6.45, 7) is 0.752. The third kappa shape index (κ3) is 8.47. The van der Waals surface area contributed by atoms with E-state index < -0.39 is 104 Å². The lowest BCUT2D eigenvalue weighted by Gasteiger charge is -2.45. The Hall–Kier alpha value is -3.18. The molecule has 8 N–H and O–H groups in total. The molecular formula is C28H35ClN2O12. The van der Waals surface area contributed by atoms with Crippen LogP contribution in [0.25, 0.3) is 0 Å². The number of hydrogen-bond acceptors (Lipinski definition) is 12. The fourth-order valence-electron chi connectivity index (χ4n) is 4.54. The van der Waals surface area contributed by atoms with Gasteiger partial charge in [-0.25, -0.2) is 0 Å². The summed E-state index contributed by atoms with van der Waals surface area (Å²) in [5.74, 6) is -3.74. The van der Waals surface area contributed by atoms with Gasteiger partial charge in [-0.3, -0.25) is 19.3 Å². The lowest BCUT2D eigenvalue weighted by atomic mass is 10.0. The number of aliphatic hydroxyl groups excluding tert-OH is 6. The van der Waals surface area contributed by atoms with E-state index in [1.54, 1.807) is 43.4 Å². The van der Waals surface area contributed by atoms with Gasteiger partial charge in [0.25, 0.3) is 5.91 Å². The van der Waals surface area contributed by atoms with Gasteiger partial charge in [-0.1, -0.05) is 54.1 Å². The molecule has 0 bridgehead atoms. The number of allylic oxidation sites excluding steroid dienone is 10. The quantitative estimate of drug-likeness (QED) is 0.0651. The second-order valence-corrected chi connectivity index (χ2v) is 10.5. The Labute approximate surface area is 251 Å². The second-order valence-electron chi connectivity index (χ2n) is 9.92. The van der Waals surface area contributed by atoms with Crippen LogP contribution < -0.4 is 5.73 Å². The fourth-order valence-corrected chi connectivity index (χ4v) is 4.61. The maximum absolute atomic E-state index is 13.5. The standard InChI is InChI=1S/C28H35ClN2O12/c1-14(29)9-7-5-3-2-4-6-8-10-16(32)20-21(36)15(11-19(30)35)31(26(20)40)27-25(23(38)18(34)12-41-27)43-28-24(39)22(37)17(33)13-42-28/h2-10,15,17-18,22-25,27-28,32-34,37-39H,11-13H2,1H3,(H2,30,35)/b3-2+,6-4+,7-5+,10-8+,14-9-,20-16-/t15-,17+,18?,22?,23+,24?,25?,27+,28-/m0/s1. The van der Waals surface area contributed by atoms with Gasteiger partial charge in [-0.2, -0.15) is 0 Å². The molecule has 0 aliphatic carbocycles. The number of halogens is 1. The fraction of sp³-hybridized carbons (Fsp3) is 0.464. The summed E-state index contributed by atoms with van der Waals surface area (Å²) < 4.78 is 16.4. The molecule has 0 saturated carbocycles. The van der Waals surface area contributed by atoms with Crippen LogP contribution in [0.1, 0.15) is 13.3 Å². The first-order valence-electron chi connectivity index (χ1n) is 13.2. The number of primary amides is 1. The van der Waals surface area contributed by atoms with E-state index in [0.29, 0.717) is 5.03 Å². The predicted octanol–water partition coefficient (Wildman–Crippen LogP) is -1.28. The predicted molar refractivity (Wildman–Crippen MR) is 150 cm³/mol. The van der Waals surface area contributed by atoms with Crippen molar-refractivity contribution in [3.8, 4) is 0 Å². The van der Waals surface area contributed by atoms with E-state index in [9.17, 15) is 45.0 Å². The van der Waals surface area contributed by atoms with Crippen LogP contribution in [0.15, 0.2) is 71.0 Å². The molecule has 236 valence electrons. The van der Waals surface area contributed by atoms with E-state index in [0.717, 1.165) is 11.0 Å². The molecule has 3 aliphatic rings. The molecule has 0 aromatic carbocycles. The smallest absolute Gasteiger partial charge is 0.264 e. The normalized spacial score (nSPS) is 35.7. The van der Waals surface area contributed by atoms with Gasteiger partial charge in [0.2, 0.25) is 5.91 Å². The molecule has 3 fully saturated rings. The van der Waals surface area contributed by atoms with Crippen LogP contribution in [-0.4, -0.2) is 122 Å². The Morgan fingerprint density at radius 3 is 2.16 bits per heavy atom. The van der Waals surface area contributed by atoms with Gasteiger partial charge in [0.05, 0.1) is 19.6 Å².